The third-order valence-electron chi connectivity index (χ3n) is 4.67. The van der Waals surface area contributed by atoms with Crippen molar-refractivity contribution in [3.63, 3.8) is 0 Å². The number of hydrogen-bond acceptors (Lipinski definition) is 4. The maximum Gasteiger partial charge on any atom is 0.339 e. The zero-order valence-corrected chi connectivity index (χ0v) is 16.9. The first-order chi connectivity index (χ1) is 14.8. The summed E-state index contributed by atoms with van der Waals surface area (Å²) in [4.78, 5) is 22.9. The van der Waals surface area contributed by atoms with Crippen molar-refractivity contribution in [3.05, 3.63) is 107 Å². The lowest BCUT2D eigenvalue weighted by molar-refractivity contribution is -0.133. The van der Waals surface area contributed by atoms with Gasteiger partial charge in [-0.1, -0.05) is 67.8 Å². The van der Waals surface area contributed by atoms with Crippen LogP contribution in [0.1, 0.15) is 24.0 Å². The minimum absolute atomic E-state index is 0.0791. The van der Waals surface area contributed by atoms with Gasteiger partial charge in [-0.3, -0.25) is 0 Å². The average Bonchev–Trinajstić information content (AvgIpc) is 2.73. The van der Waals surface area contributed by atoms with Crippen LogP contribution in [0.15, 0.2) is 95.9 Å². The molecule has 31 heavy (non-hydrogen) atoms. The molecule has 0 saturated heterocycles. The molecule has 0 atom stereocenters. The molecule has 0 aliphatic heterocycles. The van der Waals surface area contributed by atoms with E-state index in [0.717, 1.165) is 0 Å². The summed E-state index contributed by atoms with van der Waals surface area (Å²) in [6, 6.07) is 6.89. The Morgan fingerprint density at radius 2 is 1.84 bits per heavy atom. The van der Waals surface area contributed by atoms with Gasteiger partial charge in [0.05, 0.1) is 17.8 Å². The predicted octanol–water partition coefficient (Wildman–Crippen LogP) is 4.45. The lowest BCUT2D eigenvalue weighted by atomic mass is 9.89. The first-order valence-electron chi connectivity index (χ1n) is 9.46. The second-order valence-electron chi connectivity index (χ2n) is 6.80. The molecule has 0 aromatic heterocycles. The first-order valence-corrected chi connectivity index (χ1v) is 9.46. The molecule has 6 heteroatoms. The van der Waals surface area contributed by atoms with E-state index >= 15 is 0 Å². The van der Waals surface area contributed by atoms with Gasteiger partial charge >= 0.3 is 11.9 Å². The first kappa shape index (κ1) is 23.4. The molecule has 0 amide bonds. The number of carboxylic acids is 2. The summed E-state index contributed by atoms with van der Waals surface area (Å²) in [6.07, 6.45) is 10.1. The van der Waals surface area contributed by atoms with Crippen LogP contribution in [0.4, 0.5) is 0 Å². The molecule has 0 spiro atoms. The van der Waals surface area contributed by atoms with E-state index in [9.17, 15) is 30.0 Å². The number of carboxylic acid groups (broad SMARTS) is 2. The van der Waals surface area contributed by atoms with Crippen LogP contribution in [0.3, 0.4) is 0 Å². The highest BCUT2D eigenvalue weighted by molar-refractivity contribution is 5.94. The van der Waals surface area contributed by atoms with Crippen molar-refractivity contribution >= 4 is 23.6 Å². The minimum Gasteiger partial charge on any atom is -0.507 e. The highest BCUT2D eigenvalue weighted by Crippen LogP contribution is 2.32. The number of carbonyl (C=O) groups is 2. The molecule has 0 unspecified atom stereocenters. The summed E-state index contributed by atoms with van der Waals surface area (Å²) in [6.45, 7) is 7.37. The van der Waals surface area contributed by atoms with E-state index in [1.807, 2.05) is 0 Å². The van der Waals surface area contributed by atoms with Crippen LogP contribution in [0.25, 0.3) is 11.6 Å². The summed E-state index contributed by atoms with van der Waals surface area (Å²) in [5.74, 6) is -2.89. The lowest BCUT2D eigenvalue weighted by Gasteiger charge is -2.16. The Morgan fingerprint density at radius 3 is 2.48 bits per heavy atom. The molecule has 1 aromatic carbocycles. The van der Waals surface area contributed by atoms with E-state index in [1.165, 1.54) is 12.2 Å². The van der Waals surface area contributed by atoms with Gasteiger partial charge < -0.3 is 20.4 Å². The summed E-state index contributed by atoms with van der Waals surface area (Å²) in [7, 11) is 0. The number of rotatable bonds is 7. The van der Waals surface area contributed by atoms with E-state index in [0.29, 0.717) is 34.3 Å². The third kappa shape index (κ3) is 6.04. The maximum absolute atomic E-state index is 11.7. The summed E-state index contributed by atoms with van der Waals surface area (Å²) < 4.78 is 0. The minimum atomic E-state index is -1.26. The van der Waals surface area contributed by atoms with Gasteiger partial charge in [0.1, 0.15) is 5.76 Å². The van der Waals surface area contributed by atoms with Gasteiger partial charge in [0.2, 0.25) is 0 Å². The Labute approximate surface area is 180 Å². The molecule has 1 aliphatic rings. The van der Waals surface area contributed by atoms with E-state index < -0.39 is 24.3 Å². The Hall–Kier alpha value is -3.90. The van der Waals surface area contributed by atoms with Crippen LogP contribution in [0.2, 0.25) is 0 Å². The molecule has 0 fully saturated rings. The molecular weight excluding hydrogens is 396 g/mol. The van der Waals surface area contributed by atoms with Crippen LogP contribution in [0, 0.1) is 0 Å². The molecule has 6 nitrogen and oxygen atoms in total. The van der Waals surface area contributed by atoms with E-state index in [4.69, 9.17) is 0 Å². The van der Waals surface area contributed by atoms with Crippen molar-refractivity contribution in [2.45, 2.75) is 12.8 Å². The van der Waals surface area contributed by atoms with Gasteiger partial charge in [-0.15, -0.1) is 0 Å². The SMILES string of the molecule is C=C1/C=C\C=C/C/C=C(C(=O)O)\C(O)=C/1CC(=C)c1ccccc1/C=C(\CO)C(=O)O. The van der Waals surface area contributed by atoms with Crippen molar-refractivity contribution in [2.75, 3.05) is 6.61 Å². The fourth-order valence-electron chi connectivity index (χ4n) is 3.03. The largest absolute Gasteiger partial charge is 0.507 e. The molecule has 2 rings (SSSR count). The molecular formula is C25H24O6. The summed E-state index contributed by atoms with van der Waals surface area (Å²) in [5, 5.41) is 38.8. The lowest BCUT2D eigenvalue weighted by Crippen LogP contribution is -2.08. The Bertz CT molecular complexity index is 1060. The Morgan fingerprint density at radius 1 is 1.13 bits per heavy atom. The standard InChI is InChI=1S/C25H24O6/c1-16-9-5-3-4-6-12-21(25(30)31)23(27)22(16)13-17(2)20-11-8-7-10-18(20)14-19(15-26)24(28)29/h3-5,7-12,14,26-27H,1-2,6,13,15H2,(H,28,29)(H,30,31)/b4-3-,9-5-,19-14+,21-12+,23-22+. The van der Waals surface area contributed by atoms with Crippen LogP contribution in [0.5, 0.6) is 0 Å². The number of allylic oxidation sites excluding steroid dienone is 8. The normalized spacial score (nSPS) is 21.0. The van der Waals surface area contributed by atoms with Gasteiger partial charge in [-0.2, -0.15) is 0 Å². The van der Waals surface area contributed by atoms with Crippen molar-refractivity contribution in [2.24, 2.45) is 0 Å². The second kappa shape index (κ2) is 10.8. The van der Waals surface area contributed by atoms with Crippen molar-refractivity contribution < 1.29 is 30.0 Å². The van der Waals surface area contributed by atoms with Crippen molar-refractivity contribution in [1.29, 1.82) is 0 Å². The van der Waals surface area contributed by atoms with Crippen molar-refractivity contribution in [1.82, 2.24) is 0 Å². The van der Waals surface area contributed by atoms with E-state index in [-0.39, 0.29) is 17.6 Å². The highest BCUT2D eigenvalue weighted by atomic mass is 16.4. The maximum atomic E-state index is 11.7. The molecule has 1 aliphatic carbocycles. The smallest absolute Gasteiger partial charge is 0.339 e. The average molecular weight is 420 g/mol. The Balaban J connectivity index is 2.53. The number of aliphatic hydroxyl groups is 2. The van der Waals surface area contributed by atoms with Crippen LogP contribution >= 0.6 is 0 Å². The quantitative estimate of drug-likeness (QED) is 0.485. The van der Waals surface area contributed by atoms with Crippen LogP contribution < -0.4 is 0 Å². The third-order valence-corrected chi connectivity index (χ3v) is 4.67. The molecule has 0 saturated carbocycles. The number of benzene rings is 1. The fourth-order valence-corrected chi connectivity index (χ4v) is 3.03. The van der Waals surface area contributed by atoms with Gasteiger partial charge in [0.25, 0.3) is 0 Å². The zero-order valence-electron chi connectivity index (χ0n) is 16.9. The fraction of sp³-hybridized carbons (Fsp3) is 0.120. The van der Waals surface area contributed by atoms with E-state index in [1.54, 1.807) is 48.6 Å². The molecule has 0 bridgehead atoms. The summed E-state index contributed by atoms with van der Waals surface area (Å²) >= 11 is 0. The van der Waals surface area contributed by atoms with Gasteiger partial charge in [0.15, 0.2) is 0 Å². The van der Waals surface area contributed by atoms with Gasteiger partial charge in [-0.05, 0) is 34.8 Å². The topological polar surface area (TPSA) is 115 Å². The van der Waals surface area contributed by atoms with Crippen LogP contribution in [-0.4, -0.2) is 39.0 Å². The molecule has 1 aromatic rings. The summed E-state index contributed by atoms with van der Waals surface area (Å²) in [5.41, 5.74) is 1.95. The molecule has 4 N–H and O–H groups in total. The highest BCUT2D eigenvalue weighted by Gasteiger charge is 2.20. The second-order valence-corrected chi connectivity index (χ2v) is 6.80. The predicted molar refractivity (Wildman–Crippen MR) is 120 cm³/mol. The number of hydrogen-bond donors (Lipinski definition) is 4. The number of aliphatic carboxylic acids is 2. The molecule has 160 valence electrons. The van der Waals surface area contributed by atoms with E-state index in [2.05, 4.69) is 13.2 Å². The Kier molecular flexibility index (Phi) is 8.11. The monoisotopic (exact) mass is 420 g/mol. The van der Waals surface area contributed by atoms with Gasteiger partial charge in [0, 0.05) is 12.0 Å². The van der Waals surface area contributed by atoms with Crippen molar-refractivity contribution in [3.8, 4) is 0 Å². The molecule has 0 radical (unpaired) electrons. The van der Waals surface area contributed by atoms with Gasteiger partial charge in [-0.25, -0.2) is 9.59 Å². The zero-order chi connectivity index (χ0) is 23.0. The molecule has 0 heterocycles. The number of aliphatic hydroxyl groups excluding tert-OH is 2. The van der Waals surface area contributed by atoms with Crippen LogP contribution in [-0.2, 0) is 9.59 Å².